The van der Waals surface area contributed by atoms with Gasteiger partial charge in [-0.15, -0.1) is 24.0 Å². The van der Waals surface area contributed by atoms with Gasteiger partial charge in [-0.1, -0.05) is 25.0 Å². The first-order valence-corrected chi connectivity index (χ1v) is 9.69. The molecule has 2 N–H and O–H groups in total. The number of unbranched alkanes of at least 4 members (excludes halogenated alkanes) is 2. The lowest BCUT2D eigenvalue weighted by Crippen LogP contribution is -2.38. The van der Waals surface area contributed by atoms with Crippen molar-refractivity contribution in [2.75, 3.05) is 39.8 Å². The summed E-state index contributed by atoms with van der Waals surface area (Å²) in [6, 6.07) is 6.76. The van der Waals surface area contributed by atoms with E-state index in [1.165, 1.54) is 64.2 Å². The van der Waals surface area contributed by atoms with E-state index in [-0.39, 0.29) is 29.8 Å². The molecule has 1 fully saturated rings. The van der Waals surface area contributed by atoms with E-state index in [1.807, 2.05) is 6.07 Å². The summed E-state index contributed by atoms with van der Waals surface area (Å²) in [5, 5.41) is 6.64. The minimum absolute atomic E-state index is 0. The molecule has 1 saturated heterocycles. The third-order valence-corrected chi connectivity index (χ3v) is 4.71. The second-order valence-electron chi connectivity index (χ2n) is 6.77. The van der Waals surface area contributed by atoms with Crippen LogP contribution in [0.1, 0.15) is 44.1 Å². The fourth-order valence-corrected chi connectivity index (χ4v) is 3.27. The average Bonchev–Trinajstić information content (AvgIpc) is 2.64. The van der Waals surface area contributed by atoms with Crippen LogP contribution < -0.4 is 10.6 Å². The Hall–Kier alpha value is -0.890. The summed E-state index contributed by atoms with van der Waals surface area (Å²) in [4.78, 5) is 6.84. The van der Waals surface area contributed by atoms with Gasteiger partial charge in [0.2, 0.25) is 0 Å². The van der Waals surface area contributed by atoms with Crippen molar-refractivity contribution >= 4 is 29.9 Å². The van der Waals surface area contributed by atoms with Crippen molar-refractivity contribution in [2.45, 2.75) is 44.9 Å². The third-order valence-electron chi connectivity index (χ3n) is 4.71. The van der Waals surface area contributed by atoms with Crippen LogP contribution in [0.5, 0.6) is 0 Å². The number of nitrogens with one attached hydrogen (secondary N) is 2. The van der Waals surface area contributed by atoms with Crippen LogP contribution in [-0.2, 0) is 6.42 Å². The Kier molecular flexibility index (Phi) is 12.6. The van der Waals surface area contributed by atoms with Gasteiger partial charge < -0.3 is 15.5 Å². The summed E-state index contributed by atoms with van der Waals surface area (Å²) in [6.45, 7) is 5.53. The standard InChI is InChI=1S/C20H33FN4.HI/c1-22-20(24-13-11-18-9-8-10-19(21)17-18)23-12-4-2-5-14-25-15-6-3-7-16-25;/h8-10,17H,2-7,11-16H2,1H3,(H2,22,23,24);1H. The number of piperidine rings is 1. The zero-order chi connectivity index (χ0) is 17.7. The number of rotatable bonds is 9. The number of nitrogens with zero attached hydrogens (tertiary/aromatic N) is 2. The molecule has 0 amide bonds. The van der Waals surface area contributed by atoms with E-state index >= 15 is 0 Å². The maximum absolute atomic E-state index is 13.1. The van der Waals surface area contributed by atoms with Crippen molar-refractivity contribution in [3.8, 4) is 0 Å². The second kappa shape index (κ2) is 14.2. The minimum Gasteiger partial charge on any atom is -0.356 e. The third kappa shape index (κ3) is 9.71. The van der Waals surface area contributed by atoms with Crippen LogP contribution in [0.2, 0.25) is 0 Å². The largest absolute Gasteiger partial charge is 0.356 e. The van der Waals surface area contributed by atoms with E-state index in [0.717, 1.165) is 31.0 Å². The Balaban J connectivity index is 0.00000338. The predicted molar refractivity (Wildman–Crippen MR) is 119 cm³/mol. The Morgan fingerprint density at radius 1 is 1.08 bits per heavy atom. The number of likely N-dealkylation sites (tertiary alicyclic amines) is 1. The number of hydrogen-bond acceptors (Lipinski definition) is 2. The maximum atomic E-state index is 13.1. The molecular formula is C20H34FIN4. The quantitative estimate of drug-likeness (QED) is 0.247. The molecular weight excluding hydrogens is 442 g/mol. The van der Waals surface area contributed by atoms with Crippen molar-refractivity contribution in [1.82, 2.24) is 15.5 Å². The Morgan fingerprint density at radius 2 is 1.85 bits per heavy atom. The van der Waals surface area contributed by atoms with E-state index in [2.05, 4.69) is 20.5 Å². The molecule has 1 aliphatic heterocycles. The van der Waals surface area contributed by atoms with E-state index in [1.54, 1.807) is 19.2 Å². The van der Waals surface area contributed by atoms with Crippen LogP contribution >= 0.6 is 24.0 Å². The first-order chi connectivity index (χ1) is 12.3. The first-order valence-electron chi connectivity index (χ1n) is 9.69. The Morgan fingerprint density at radius 3 is 2.58 bits per heavy atom. The molecule has 0 aromatic heterocycles. The fraction of sp³-hybridized carbons (Fsp3) is 0.650. The lowest BCUT2D eigenvalue weighted by Gasteiger charge is -2.26. The summed E-state index contributed by atoms with van der Waals surface area (Å²) < 4.78 is 13.1. The van der Waals surface area contributed by atoms with Gasteiger partial charge in [-0.3, -0.25) is 4.99 Å². The normalized spacial score (nSPS) is 15.4. The van der Waals surface area contributed by atoms with Crippen LogP contribution in [0.15, 0.2) is 29.3 Å². The summed E-state index contributed by atoms with van der Waals surface area (Å²) >= 11 is 0. The number of benzene rings is 1. The van der Waals surface area contributed by atoms with Gasteiger partial charge in [0.05, 0.1) is 0 Å². The molecule has 1 heterocycles. The molecule has 0 aliphatic carbocycles. The Labute approximate surface area is 175 Å². The molecule has 0 saturated carbocycles. The zero-order valence-corrected chi connectivity index (χ0v) is 18.3. The number of guanidine groups is 1. The minimum atomic E-state index is -0.176. The van der Waals surface area contributed by atoms with Gasteiger partial charge in [0, 0.05) is 20.1 Å². The highest BCUT2D eigenvalue weighted by Gasteiger charge is 2.08. The smallest absolute Gasteiger partial charge is 0.190 e. The highest BCUT2D eigenvalue weighted by Crippen LogP contribution is 2.09. The first kappa shape index (κ1) is 23.1. The molecule has 1 aromatic carbocycles. The van der Waals surface area contributed by atoms with Gasteiger partial charge in [0.15, 0.2) is 5.96 Å². The fourth-order valence-electron chi connectivity index (χ4n) is 3.27. The monoisotopic (exact) mass is 476 g/mol. The topological polar surface area (TPSA) is 39.7 Å². The highest BCUT2D eigenvalue weighted by molar-refractivity contribution is 14.0. The van der Waals surface area contributed by atoms with Gasteiger partial charge in [-0.05, 0) is 69.4 Å². The van der Waals surface area contributed by atoms with E-state index in [0.29, 0.717) is 0 Å². The van der Waals surface area contributed by atoms with E-state index in [4.69, 9.17) is 0 Å². The second-order valence-corrected chi connectivity index (χ2v) is 6.77. The summed E-state index contributed by atoms with van der Waals surface area (Å²) in [7, 11) is 1.79. The molecule has 6 heteroatoms. The van der Waals surface area contributed by atoms with Crippen LogP contribution in [-0.4, -0.2) is 50.6 Å². The average molecular weight is 476 g/mol. The molecule has 2 rings (SSSR count). The van der Waals surface area contributed by atoms with Crippen molar-refractivity contribution < 1.29 is 4.39 Å². The predicted octanol–water partition coefficient (Wildman–Crippen LogP) is 3.81. The van der Waals surface area contributed by atoms with Crippen molar-refractivity contribution in [3.05, 3.63) is 35.6 Å². The van der Waals surface area contributed by atoms with Gasteiger partial charge in [-0.2, -0.15) is 0 Å². The van der Waals surface area contributed by atoms with Gasteiger partial charge in [-0.25, -0.2) is 4.39 Å². The van der Waals surface area contributed by atoms with Crippen LogP contribution in [0, 0.1) is 5.82 Å². The highest BCUT2D eigenvalue weighted by atomic mass is 127. The zero-order valence-electron chi connectivity index (χ0n) is 16.0. The summed E-state index contributed by atoms with van der Waals surface area (Å²) in [5.74, 6) is 0.650. The lowest BCUT2D eigenvalue weighted by molar-refractivity contribution is 0.224. The Bertz CT molecular complexity index is 518. The van der Waals surface area contributed by atoms with Crippen molar-refractivity contribution in [1.29, 1.82) is 0 Å². The molecule has 0 atom stereocenters. The van der Waals surface area contributed by atoms with E-state index < -0.39 is 0 Å². The number of halogens is 2. The summed E-state index contributed by atoms with van der Waals surface area (Å²) in [6.07, 6.45) is 8.65. The van der Waals surface area contributed by atoms with Crippen molar-refractivity contribution in [3.63, 3.8) is 0 Å². The van der Waals surface area contributed by atoms with Crippen molar-refractivity contribution in [2.24, 2.45) is 4.99 Å². The number of aliphatic imine (C=N–C) groups is 1. The molecule has 148 valence electrons. The maximum Gasteiger partial charge on any atom is 0.190 e. The molecule has 0 unspecified atom stereocenters. The van der Waals surface area contributed by atoms with Crippen LogP contribution in [0.3, 0.4) is 0 Å². The molecule has 0 bridgehead atoms. The molecule has 0 spiro atoms. The van der Waals surface area contributed by atoms with E-state index in [9.17, 15) is 4.39 Å². The molecule has 4 nitrogen and oxygen atoms in total. The van der Waals surface area contributed by atoms with Crippen LogP contribution in [0.4, 0.5) is 4.39 Å². The van der Waals surface area contributed by atoms with Gasteiger partial charge in [0.1, 0.15) is 5.82 Å². The summed E-state index contributed by atoms with van der Waals surface area (Å²) in [5.41, 5.74) is 1.00. The van der Waals surface area contributed by atoms with Crippen LogP contribution in [0.25, 0.3) is 0 Å². The lowest BCUT2D eigenvalue weighted by atomic mass is 10.1. The molecule has 1 aromatic rings. The number of hydrogen-bond donors (Lipinski definition) is 2. The van der Waals surface area contributed by atoms with Gasteiger partial charge in [0.25, 0.3) is 0 Å². The molecule has 1 aliphatic rings. The molecule has 26 heavy (non-hydrogen) atoms. The van der Waals surface area contributed by atoms with Gasteiger partial charge >= 0.3 is 0 Å². The molecule has 0 radical (unpaired) electrons. The SMILES string of the molecule is CN=C(NCCCCCN1CCCCC1)NCCc1cccc(F)c1.I.